The molecule has 2 nitrogen and oxygen atoms in total. The third-order valence-corrected chi connectivity index (χ3v) is 4.77. The number of ether oxygens (including phenoxy) is 2. The van der Waals surface area contributed by atoms with Crippen molar-refractivity contribution >= 4 is 15.9 Å². The summed E-state index contributed by atoms with van der Waals surface area (Å²) in [5.41, 5.74) is 3.78. The van der Waals surface area contributed by atoms with E-state index in [-0.39, 0.29) is 11.9 Å². The second-order valence-corrected chi connectivity index (χ2v) is 6.20. The summed E-state index contributed by atoms with van der Waals surface area (Å²) < 4.78 is 25.3. The Kier molecular flexibility index (Phi) is 4.39. The van der Waals surface area contributed by atoms with Crippen LogP contribution in [0, 0.1) is 12.7 Å². The molecule has 0 unspecified atom stereocenters. The van der Waals surface area contributed by atoms with E-state index in [9.17, 15) is 4.39 Å². The van der Waals surface area contributed by atoms with Gasteiger partial charge in [-0.3, -0.25) is 0 Å². The highest BCUT2D eigenvalue weighted by Gasteiger charge is 2.24. The van der Waals surface area contributed by atoms with Crippen LogP contribution in [0.15, 0.2) is 30.3 Å². The van der Waals surface area contributed by atoms with Crippen molar-refractivity contribution in [2.75, 3.05) is 12.4 Å². The lowest BCUT2D eigenvalue weighted by atomic mass is 9.93. The number of alkyl halides is 1. The monoisotopic (exact) mass is 364 g/mol. The van der Waals surface area contributed by atoms with Gasteiger partial charge in [-0.2, -0.15) is 0 Å². The molecule has 116 valence electrons. The molecule has 0 amide bonds. The van der Waals surface area contributed by atoms with E-state index in [1.165, 1.54) is 0 Å². The van der Waals surface area contributed by atoms with Crippen LogP contribution in [0.4, 0.5) is 4.39 Å². The van der Waals surface area contributed by atoms with E-state index in [2.05, 4.69) is 15.9 Å². The number of hydrogen-bond donors (Lipinski definition) is 0. The summed E-state index contributed by atoms with van der Waals surface area (Å²) >= 11 is 3.48. The Morgan fingerprint density at radius 1 is 1.27 bits per heavy atom. The van der Waals surface area contributed by atoms with Crippen LogP contribution in [0.1, 0.15) is 17.5 Å². The summed E-state index contributed by atoms with van der Waals surface area (Å²) in [6, 6.07) is 8.96. The molecule has 0 aromatic heterocycles. The SMILES string of the molecule is COc1ccc(-c2cc(F)cc3c2O[C@@H](CBr)CC3)c(C)c1. The molecule has 3 rings (SSSR count). The van der Waals surface area contributed by atoms with Crippen LogP contribution in [-0.2, 0) is 6.42 Å². The summed E-state index contributed by atoms with van der Waals surface area (Å²) in [5.74, 6) is 1.39. The van der Waals surface area contributed by atoms with Crippen molar-refractivity contribution in [1.29, 1.82) is 0 Å². The standard InChI is InChI=1S/C18H18BrFO2/c1-11-7-14(21-2)5-6-16(11)17-9-13(20)8-12-3-4-15(10-19)22-18(12)17/h5-9,15H,3-4,10H2,1-2H3/t15-/m1/s1. The fraction of sp³-hybridized carbons (Fsp3) is 0.333. The number of rotatable bonds is 3. The molecule has 2 aromatic rings. The van der Waals surface area contributed by atoms with Gasteiger partial charge in [0.2, 0.25) is 0 Å². The van der Waals surface area contributed by atoms with Gasteiger partial charge in [0, 0.05) is 10.9 Å². The van der Waals surface area contributed by atoms with Crippen LogP contribution in [0.25, 0.3) is 11.1 Å². The second-order valence-electron chi connectivity index (χ2n) is 5.56. The Morgan fingerprint density at radius 2 is 2.09 bits per heavy atom. The molecule has 0 spiro atoms. The minimum Gasteiger partial charge on any atom is -0.497 e. The van der Waals surface area contributed by atoms with E-state index in [1.807, 2.05) is 25.1 Å². The maximum Gasteiger partial charge on any atom is 0.130 e. The molecule has 0 radical (unpaired) electrons. The zero-order valence-electron chi connectivity index (χ0n) is 12.7. The van der Waals surface area contributed by atoms with Crippen LogP contribution < -0.4 is 9.47 Å². The Balaban J connectivity index is 2.13. The summed E-state index contributed by atoms with van der Waals surface area (Å²) in [6.07, 6.45) is 1.88. The Morgan fingerprint density at radius 3 is 2.77 bits per heavy atom. The minimum atomic E-state index is -0.218. The third-order valence-electron chi connectivity index (χ3n) is 4.05. The first kappa shape index (κ1) is 15.3. The first-order chi connectivity index (χ1) is 10.6. The van der Waals surface area contributed by atoms with Crippen LogP contribution in [0.5, 0.6) is 11.5 Å². The molecule has 4 heteroatoms. The highest BCUT2D eigenvalue weighted by Crippen LogP contribution is 2.40. The first-order valence-electron chi connectivity index (χ1n) is 7.32. The smallest absolute Gasteiger partial charge is 0.130 e. The maximum absolute atomic E-state index is 14.0. The van der Waals surface area contributed by atoms with Crippen molar-refractivity contribution in [3.05, 3.63) is 47.3 Å². The van der Waals surface area contributed by atoms with Gasteiger partial charge in [-0.1, -0.05) is 22.0 Å². The zero-order valence-corrected chi connectivity index (χ0v) is 14.2. The maximum atomic E-state index is 14.0. The second kappa shape index (κ2) is 6.29. The van der Waals surface area contributed by atoms with Gasteiger partial charge < -0.3 is 9.47 Å². The third kappa shape index (κ3) is 2.84. The van der Waals surface area contributed by atoms with Crippen molar-refractivity contribution in [1.82, 2.24) is 0 Å². The molecule has 0 saturated carbocycles. The Bertz CT molecular complexity index is 700. The highest BCUT2D eigenvalue weighted by atomic mass is 79.9. The summed E-state index contributed by atoms with van der Waals surface area (Å²) in [5, 5.41) is 0.783. The van der Waals surface area contributed by atoms with E-state index in [0.717, 1.165) is 51.9 Å². The normalized spacial score (nSPS) is 16.8. The molecule has 1 atom stereocenters. The molecule has 0 aliphatic carbocycles. The van der Waals surface area contributed by atoms with Crippen LogP contribution >= 0.6 is 15.9 Å². The fourth-order valence-electron chi connectivity index (χ4n) is 2.89. The molecule has 1 aliphatic heterocycles. The van der Waals surface area contributed by atoms with E-state index in [4.69, 9.17) is 9.47 Å². The minimum absolute atomic E-state index is 0.135. The van der Waals surface area contributed by atoms with Crippen molar-refractivity contribution in [2.24, 2.45) is 0 Å². The lowest BCUT2D eigenvalue weighted by Gasteiger charge is -2.27. The van der Waals surface area contributed by atoms with Gasteiger partial charge in [-0.15, -0.1) is 0 Å². The number of hydrogen-bond acceptors (Lipinski definition) is 2. The molecule has 1 heterocycles. The van der Waals surface area contributed by atoms with Gasteiger partial charge in [0.25, 0.3) is 0 Å². The van der Waals surface area contributed by atoms with Crippen LogP contribution in [-0.4, -0.2) is 18.5 Å². The van der Waals surface area contributed by atoms with Gasteiger partial charge in [0.15, 0.2) is 0 Å². The van der Waals surface area contributed by atoms with E-state index < -0.39 is 0 Å². The van der Waals surface area contributed by atoms with Gasteiger partial charge in [0.05, 0.1) is 7.11 Å². The van der Waals surface area contributed by atoms with E-state index in [1.54, 1.807) is 19.2 Å². The average molecular weight is 365 g/mol. The largest absolute Gasteiger partial charge is 0.497 e. The van der Waals surface area contributed by atoms with Gasteiger partial charge >= 0.3 is 0 Å². The summed E-state index contributed by atoms with van der Waals surface area (Å²) in [4.78, 5) is 0. The van der Waals surface area contributed by atoms with Crippen molar-refractivity contribution in [2.45, 2.75) is 25.9 Å². The van der Waals surface area contributed by atoms with Gasteiger partial charge in [-0.25, -0.2) is 4.39 Å². The molecule has 0 bridgehead atoms. The highest BCUT2D eigenvalue weighted by molar-refractivity contribution is 9.09. The topological polar surface area (TPSA) is 18.5 Å². The van der Waals surface area contributed by atoms with Crippen molar-refractivity contribution in [3.63, 3.8) is 0 Å². The molecule has 1 aliphatic rings. The van der Waals surface area contributed by atoms with Gasteiger partial charge in [-0.05, 0) is 60.7 Å². The van der Waals surface area contributed by atoms with Crippen molar-refractivity contribution < 1.29 is 13.9 Å². The first-order valence-corrected chi connectivity index (χ1v) is 8.44. The van der Waals surface area contributed by atoms with Crippen LogP contribution in [0.2, 0.25) is 0 Å². The number of aryl methyl sites for hydroxylation is 2. The van der Waals surface area contributed by atoms with Crippen LogP contribution in [0.3, 0.4) is 0 Å². The lowest BCUT2D eigenvalue weighted by Crippen LogP contribution is -2.24. The Hall–Kier alpha value is -1.55. The summed E-state index contributed by atoms with van der Waals surface area (Å²) in [7, 11) is 1.64. The number of benzene rings is 2. The number of methoxy groups -OCH3 is 1. The average Bonchev–Trinajstić information content (AvgIpc) is 2.53. The lowest BCUT2D eigenvalue weighted by molar-refractivity contribution is 0.198. The van der Waals surface area contributed by atoms with E-state index in [0.29, 0.717) is 0 Å². The molecule has 22 heavy (non-hydrogen) atoms. The quantitative estimate of drug-likeness (QED) is 0.721. The van der Waals surface area contributed by atoms with Crippen molar-refractivity contribution in [3.8, 4) is 22.6 Å². The zero-order chi connectivity index (χ0) is 15.7. The Labute approximate surface area is 138 Å². The fourth-order valence-corrected chi connectivity index (χ4v) is 3.35. The molecule has 0 N–H and O–H groups in total. The molecule has 0 fully saturated rings. The predicted octanol–water partition coefficient (Wildman–Crippen LogP) is 4.90. The summed E-state index contributed by atoms with van der Waals surface area (Å²) in [6.45, 7) is 2.00. The van der Waals surface area contributed by atoms with E-state index >= 15 is 0 Å². The number of halogens is 2. The molecular formula is C18H18BrFO2. The molecular weight excluding hydrogens is 347 g/mol. The van der Waals surface area contributed by atoms with Gasteiger partial charge in [0.1, 0.15) is 23.4 Å². The number of fused-ring (bicyclic) bond motifs is 1. The molecule has 0 saturated heterocycles. The predicted molar refractivity (Wildman–Crippen MR) is 89.7 cm³/mol. The molecule has 2 aromatic carbocycles.